The van der Waals surface area contributed by atoms with Crippen molar-refractivity contribution >= 4 is 15.9 Å². The third kappa shape index (κ3) is 4.08. The Kier molecular flexibility index (Phi) is 5.83. The molecule has 0 heterocycles. The highest BCUT2D eigenvalue weighted by molar-refractivity contribution is 9.10. The van der Waals surface area contributed by atoms with Crippen LogP contribution in [0.5, 0.6) is 5.75 Å². The first-order chi connectivity index (χ1) is 10.2. The second kappa shape index (κ2) is 7.62. The van der Waals surface area contributed by atoms with Crippen LogP contribution in [0.2, 0.25) is 0 Å². The van der Waals surface area contributed by atoms with Crippen molar-refractivity contribution in [1.82, 2.24) is 5.32 Å². The van der Waals surface area contributed by atoms with Gasteiger partial charge in [0.2, 0.25) is 0 Å². The average Bonchev–Trinajstić information content (AvgIpc) is 2.53. The Morgan fingerprint density at radius 3 is 2.38 bits per heavy atom. The van der Waals surface area contributed by atoms with Gasteiger partial charge in [-0.2, -0.15) is 0 Å². The Balaban J connectivity index is 2.16. The predicted molar refractivity (Wildman–Crippen MR) is 91.7 cm³/mol. The minimum Gasteiger partial charge on any atom is -0.496 e. The number of ether oxygens (including phenoxy) is 1. The zero-order chi connectivity index (χ0) is 15.2. The normalized spacial score (nSPS) is 13.7. The highest BCUT2D eigenvalue weighted by Gasteiger charge is 2.16. The highest BCUT2D eigenvalue weighted by atomic mass is 79.9. The summed E-state index contributed by atoms with van der Waals surface area (Å²) in [5, 5.41) is 3.70. The first-order valence-corrected chi connectivity index (χ1v) is 8.09. The molecule has 0 spiro atoms. The summed E-state index contributed by atoms with van der Waals surface area (Å²) in [4.78, 5) is 0. The topological polar surface area (TPSA) is 21.3 Å². The maximum absolute atomic E-state index is 5.48. The van der Waals surface area contributed by atoms with Crippen molar-refractivity contribution in [2.24, 2.45) is 0 Å². The van der Waals surface area contributed by atoms with Crippen LogP contribution < -0.4 is 10.1 Å². The van der Waals surface area contributed by atoms with Gasteiger partial charge in [-0.15, -0.1) is 0 Å². The fourth-order valence-corrected chi connectivity index (χ4v) is 2.80. The molecular weight excluding hydrogens is 326 g/mol. The first kappa shape index (κ1) is 16.1. The minimum absolute atomic E-state index is 0.278. The summed E-state index contributed by atoms with van der Waals surface area (Å²) in [7, 11) is 1.73. The van der Waals surface area contributed by atoms with Gasteiger partial charge < -0.3 is 10.1 Å². The Hall–Kier alpha value is -1.32. The van der Waals surface area contributed by atoms with Crippen LogP contribution in [0.3, 0.4) is 0 Å². The molecule has 2 aromatic carbocycles. The molecule has 0 aliphatic carbocycles. The van der Waals surface area contributed by atoms with Gasteiger partial charge in [-0.25, -0.2) is 0 Å². The van der Waals surface area contributed by atoms with Gasteiger partial charge in [0, 0.05) is 22.1 Å². The standard InChI is InChI=1S/C18H22BrNO/c1-4-17(16-7-5-6-8-18(16)21-3)20-13(2)14-9-11-15(19)12-10-14/h5-13,17,20H,4H2,1-3H3. The summed E-state index contributed by atoms with van der Waals surface area (Å²) in [6.45, 7) is 4.39. The largest absolute Gasteiger partial charge is 0.496 e. The van der Waals surface area contributed by atoms with Crippen molar-refractivity contribution in [3.8, 4) is 5.75 Å². The van der Waals surface area contributed by atoms with Gasteiger partial charge in [0.05, 0.1) is 7.11 Å². The molecule has 0 bridgehead atoms. The van der Waals surface area contributed by atoms with E-state index in [1.54, 1.807) is 7.11 Å². The van der Waals surface area contributed by atoms with Crippen molar-refractivity contribution in [2.75, 3.05) is 7.11 Å². The van der Waals surface area contributed by atoms with E-state index in [1.807, 2.05) is 12.1 Å². The molecule has 2 unspecified atom stereocenters. The molecular formula is C18H22BrNO. The number of benzene rings is 2. The molecule has 2 atom stereocenters. The van der Waals surface area contributed by atoms with E-state index in [9.17, 15) is 0 Å². The highest BCUT2D eigenvalue weighted by Crippen LogP contribution is 2.29. The Labute approximate surface area is 135 Å². The van der Waals surface area contributed by atoms with Gasteiger partial charge in [-0.3, -0.25) is 0 Å². The van der Waals surface area contributed by atoms with E-state index in [0.29, 0.717) is 0 Å². The van der Waals surface area contributed by atoms with Gasteiger partial charge in [0.15, 0.2) is 0 Å². The van der Waals surface area contributed by atoms with Crippen LogP contribution in [0, 0.1) is 0 Å². The SMILES string of the molecule is CCC(NC(C)c1ccc(Br)cc1)c1ccccc1OC. The fourth-order valence-electron chi connectivity index (χ4n) is 2.53. The average molecular weight is 348 g/mol. The van der Waals surface area contributed by atoms with Gasteiger partial charge >= 0.3 is 0 Å². The van der Waals surface area contributed by atoms with E-state index in [-0.39, 0.29) is 12.1 Å². The maximum atomic E-state index is 5.48. The second-order valence-electron chi connectivity index (χ2n) is 5.14. The fraction of sp³-hybridized carbons (Fsp3) is 0.333. The molecule has 1 N–H and O–H groups in total. The van der Waals surface area contributed by atoms with Crippen LogP contribution in [-0.2, 0) is 0 Å². The van der Waals surface area contributed by atoms with Crippen molar-refractivity contribution in [3.63, 3.8) is 0 Å². The summed E-state index contributed by atoms with van der Waals surface area (Å²) in [5.74, 6) is 0.944. The number of para-hydroxylation sites is 1. The molecule has 2 nitrogen and oxygen atoms in total. The molecule has 2 aromatic rings. The Bertz CT molecular complexity index is 568. The molecule has 0 saturated heterocycles. The first-order valence-electron chi connectivity index (χ1n) is 7.30. The van der Waals surface area contributed by atoms with Gasteiger partial charge in [-0.05, 0) is 37.1 Å². The lowest BCUT2D eigenvalue weighted by Crippen LogP contribution is -2.24. The van der Waals surface area contributed by atoms with E-state index < -0.39 is 0 Å². The van der Waals surface area contributed by atoms with E-state index in [4.69, 9.17) is 4.74 Å². The summed E-state index contributed by atoms with van der Waals surface area (Å²) < 4.78 is 6.59. The molecule has 0 radical (unpaired) electrons. The molecule has 0 aromatic heterocycles. The van der Waals surface area contributed by atoms with E-state index in [2.05, 4.69) is 71.5 Å². The van der Waals surface area contributed by atoms with Crippen molar-refractivity contribution in [2.45, 2.75) is 32.4 Å². The summed E-state index contributed by atoms with van der Waals surface area (Å²) in [6, 6.07) is 17.2. The molecule has 0 fully saturated rings. The van der Waals surface area contributed by atoms with Crippen molar-refractivity contribution < 1.29 is 4.74 Å². The number of hydrogen-bond acceptors (Lipinski definition) is 2. The maximum Gasteiger partial charge on any atom is 0.123 e. The number of methoxy groups -OCH3 is 1. The quantitative estimate of drug-likeness (QED) is 0.769. The van der Waals surface area contributed by atoms with Gasteiger partial charge in [0.25, 0.3) is 0 Å². The molecule has 3 heteroatoms. The Morgan fingerprint density at radius 2 is 1.76 bits per heavy atom. The minimum atomic E-state index is 0.278. The van der Waals surface area contributed by atoms with E-state index >= 15 is 0 Å². The van der Waals surface area contributed by atoms with E-state index in [0.717, 1.165) is 16.6 Å². The third-order valence-electron chi connectivity index (χ3n) is 3.74. The predicted octanol–water partition coefficient (Wildman–Crippen LogP) is 5.26. The lowest BCUT2D eigenvalue weighted by atomic mass is 10.0. The molecule has 112 valence electrons. The monoisotopic (exact) mass is 347 g/mol. The zero-order valence-electron chi connectivity index (χ0n) is 12.8. The van der Waals surface area contributed by atoms with Crippen LogP contribution in [0.4, 0.5) is 0 Å². The van der Waals surface area contributed by atoms with Crippen LogP contribution in [0.25, 0.3) is 0 Å². The molecule has 0 aliphatic heterocycles. The summed E-state index contributed by atoms with van der Waals surface area (Å²) in [5.41, 5.74) is 2.50. The third-order valence-corrected chi connectivity index (χ3v) is 4.27. The van der Waals surface area contributed by atoms with Crippen LogP contribution in [-0.4, -0.2) is 7.11 Å². The van der Waals surface area contributed by atoms with Crippen LogP contribution in [0.1, 0.15) is 43.5 Å². The van der Waals surface area contributed by atoms with Crippen LogP contribution in [0.15, 0.2) is 53.0 Å². The number of nitrogens with one attached hydrogen (secondary N) is 1. The smallest absolute Gasteiger partial charge is 0.123 e. The van der Waals surface area contributed by atoms with Gasteiger partial charge in [0.1, 0.15) is 5.75 Å². The zero-order valence-corrected chi connectivity index (χ0v) is 14.4. The van der Waals surface area contributed by atoms with Gasteiger partial charge in [-0.1, -0.05) is 53.2 Å². The molecule has 21 heavy (non-hydrogen) atoms. The van der Waals surface area contributed by atoms with E-state index in [1.165, 1.54) is 11.1 Å². The number of halogens is 1. The number of hydrogen-bond donors (Lipinski definition) is 1. The summed E-state index contributed by atoms with van der Waals surface area (Å²) in [6.07, 6.45) is 1.02. The molecule has 0 amide bonds. The second-order valence-corrected chi connectivity index (χ2v) is 6.06. The summed E-state index contributed by atoms with van der Waals surface area (Å²) >= 11 is 3.48. The van der Waals surface area contributed by atoms with Crippen molar-refractivity contribution in [1.29, 1.82) is 0 Å². The molecule has 0 saturated carbocycles. The number of rotatable bonds is 6. The van der Waals surface area contributed by atoms with Crippen molar-refractivity contribution in [3.05, 3.63) is 64.1 Å². The Morgan fingerprint density at radius 1 is 1.10 bits per heavy atom. The molecule has 0 aliphatic rings. The molecule has 2 rings (SSSR count). The lowest BCUT2D eigenvalue weighted by Gasteiger charge is -2.24. The lowest BCUT2D eigenvalue weighted by molar-refractivity contribution is 0.388. The van der Waals surface area contributed by atoms with Crippen LogP contribution >= 0.6 is 15.9 Å².